The van der Waals surface area contributed by atoms with E-state index in [-0.39, 0.29) is 29.2 Å². The molecule has 6 nitrogen and oxygen atoms in total. The van der Waals surface area contributed by atoms with Crippen LogP contribution in [0, 0.1) is 5.82 Å². The predicted molar refractivity (Wildman–Crippen MR) is 122 cm³/mol. The zero-order valence-corrected chi connectivity index (χ0v) is 18.9. The van der Waals surface area contributed by atoms with Gasteiger partial charge in [-0.25, -0.2) is 9.37 Å². The molecule has 4 aromatic rings. The molecule has 0 amide bonds. The Balaban J connectivity index is 1.52. The molecule has 1 aromatic carbocycles. The number of aromatic nitrogens is 2. The van der Waals surface area contributed by atoms with E-state index in [0.29, 0.717) is 26.9 Å². The van der Waals surface area contributed by atoms with Crippen molar-refractivity contribution in [2.24, 2.45) is 0 Å². The van der Waals surface area contributed by atoms with Crippen molar-refractivity contribution in [3.63, 3.8) is 0 Å². The fourth-order valence-corrected chi connectivity index (χ4v) is 6.16. The fourth-order valence-electron chi connectivity index (χ4n) is 3.97. The summed E-state index contributed by atoms with van der Waals surface area (Å²) in [4.78, 5) is 33.0. The van der Waals surface area contributed by atoms with Crippen molar-refractivity contribution in [1.29, 1.82) is 0 Å². The smallest absolute Gasteiger partial charge is 0.263 e. The maximum absolute atomic E-state index is 13.7. The molecule has 0 bridgehead atoms. The van der Waals surface area contributed by atoms with Crippen molar-refractivity contribution in [3.05, 3.63) is 74.5 Å². The second-order valence-electron chi connectivity index (χ2n) is 7.46. The number of carbonyl (C=O) groups excluding carboxylic acids is 1. The number of furan rings is 1. The summed E-state index contributed by atoms with van der Waals surface area (Å²) < 4.78 is 25.9. The Labute approximate surface area is 191 Å². The average Bonchev–Trinajstić information content (AvgIpc) is 3.52. The van der Waals surface area contributed by atoms with E-state index in [1.54, 1.807) is 34.3 Å². The van der Waals surface area contributed by atoms with Crippen molar-refractivity contribution in [3.8, 4) is 5.75 Å². The van der Waals surface area contributed by atoms with Gasteiger partial charge in [0.25, 0.3) is 5.56 Å². The van der Waals surface area contributed by atoms with Crippen molar-refractivity contribution in [2.75, 3.05) is 12.9 Å². The first-order valence-corrected chi connectivity index (χ1v) is 11.9. The summed E-state index contributed by atoms with van der Waals surface area (Å²) in [6.07, 6.45) is 4.46. The van der Waals surface area contributed by atoms with Gasteiger partial charge in [0.15, 0.2) is 10.9 Å². The normalized spacial score (nSPS) is 12.9. The number of ketones is 1. The van der Waals surface area contributed by atoms with Gasteiger partial charge in [-0.3, -0.25) is 14.2 Å². The zero-order valence-electron chi connectivity index (χ0n) is 17.2. The minimum absolute atomic E-state index is 0.0129. The molecule has 1 aliphatic carbocycles. The highest BCUT2D eigenvalue weighted by molar-refractivity contribution is 7.99. The molecular formula is C23H19FN2O4S2. The number of nitrogens with zero attached hydrogens (tertiary/aromatic N) is 2. The van der Waals surface area contributed by atoms with E-state index in [1.165, 1.54) is 24.1 Å². The topological polar surface area (TPSA) is 74.3 Å². The molecule has 0 saturated carbocycles. The van der Waals surface area contributed by atoms with Gasteiger partial charge < -0.3 is 9.15 Å². The van der Waals surface area contributed by atoms with Crippen LogP contribution in [0.5, 0.6) is 5.75 Å². The molecular weight excluding hydrogens is 451 g/mol. The average molecular weight is 471 g/mol. The molecule has 0 atom stereocenters. The van der Waals surface area contributed by atoms with E-state index in [2.05, 4.69) is 0 Å². The molecule has 164 valence electrons. The van der Waals surface area contributed by atoms with Crippen LogP contribution in [-0.2, 0) is 19.4 Å². The van der Waals surface area contributed by atoms with Crippen LogP contribution in [0.2, 0.25) is 0 Å². The Morgan fingerprint density at radius 1 is 1.34 bits per heavy atom. The predicted octanol–water partition coefficient (Wildman–Crippen LogP) is 4.71. The second-order valence-corrected chi connectivity index (χ2v) is 9.49. The molecule has 32 heavy (non-hydrogen) atoms. The lowest BCUT2D eigenvalue weighted by molar-refractivity contribution is 0.101. The molecule has 1 aliphatic rings. The third kappa shape index (κ3) is 3.75. The molecule has 3 heterocycles. The Morgan fingerprint density at radius 2 is 2.22 bits per heavy atom. The van der Waals surface area contributed by atoms with Crippen molar-refractivity contribution in [2.45, 2.75) is 31.0 Å². The molecule has 3 aromatic heterocycles. The van der Waals surface area contributed by atoms with Gasteiger partial charge in [-0.2, -0.15) is 0 Å². The SMILES string of the molecule is COc1ccc(F)cc1C(=O)CSc1nc2sc3c(c2c(=O)n1Cc1ccco1)CCC3. The molecule has 0 fully saturated rings. The molecule has 5 rings (SSSR count). The van der Waals surface area contributed by atoms with E-state index in [0.717, 1.165) is 42.7 Å². The van der Waals surface area contributed by atoms with Gasteiger partial charge in [0.1, 0.15) is 22.2 Å². The fraction of sp³-hybridized carbons (Fsp3) is 0.261. The number of fused-ring (bicyclic) bond motifs is 3. The van der Waals surface area contributed by atoms with Gasteiger partial charge >= 0.3 is 0 Å². The molecule has 0 N–H and O–H groups in total. The van der Waals surface area contributed by atoms with Gasteiger partial charge in [-0.05, 0) is 55.2 Å². The number of Topliss-reactive ketones (excluding diaryl/α,β-unsaturated/α-hetero) is 1. The maximum Gasteiger partial charge on any atom is 0.263 e. The minimum Gasteiger partial charge on any atom is -0.496 e. The Hall–Kier alpha value is -2.91. The van der Waals surface area contributed by atoms with E-state index >= 15 is 0 Å². The highest BCUT2D eigenvalue weighted by Crippen LogP contribution is 2.36. The third-order valence-electron chi connectivity index (χ3n) is 5.48. The van der Waals surface area contributed by atoms with Crippen LogP contribution < -0.4 is 10.3 Å². The van der Waals surface area contributed by atoms with E-state index in [9.17, 15) is 14.0 Å². The van der Waals surface area contributed by atoms with Crippen molar-refractivity contribution in [1.82, 2.24) is 9.55 Å². The number of ether oxygens (including phenoxy) is 1. The summed E-state index contributed by atoms with van der Waals surface area (Å²) in [6, 6.07) is 7.40. The number of thioether (sulfide) groups is 1. The number of methoxy groups -OCH3 is 1. The van der Waals surface area contributed by atoms with Gasteiger partial charge in [0.2, 0.25) is 0 Å². The number of hydrogen-bond acceptors (Lipinski definition) is 7. The molecule has 9 heteroatoms. The molecule has 0 radical (unpaired) electrons. The van der Waals surface area contributed by atoms with Gasteiger partial charge in [0, 0.05) is 4.88 Å². The molecule has 0 aliphatic heterocycles. The standard InChI is InChI=1S/C23H19FN2O4S2/c1-29-18-8-7-13(24)10-16(18)17(27)12-31-23-25-21-20(15-5-2-6-19(15)32-21)22(28)26(23)11-14-4-3-9-30-14/h3-4,7-10H,2,5-6,11-12H2,1H3. The highest BCUT2D eigenvalue weighted by Gasteiger charge is 2.24. The highest BCUT2D eigenvalue weighted by atomic mass is 32.2. The first kappa shape index (κ1) is 21.0. The van der Waals surface area contributed by atoms with Crippen molar-refractivity contribution < 1.29 is 18.3 Å². The summed E-state index contributed by atoms with van der Waals surface area (Å²) >= 11 is 2.71. The largest absolute Gasteiger partial charge is 0.496 e. The maximum atomic E-state index is 13.7. The Kier molecular flexibility index (Phi) is 5.60. The Bertz CT molecular complexity index is 1380. The number of carbonyl (C=O) groups is 1. The summed E-state index contributed by atoms with van der Waals surface area (Å²) in [5.41, 5.74) is 1.15. The summed E-state index contributed by atoms with van der Waals surface area (Å²) in [5, 5.41) is 1.11. The summed E-state index contributed by atoms with van der Waals surface area (Å²) in [5.74, 6) is 0.102. The lowest BCUT2D eigenvalue weighted by Crippen LogP contribution is -2.24. The van der Waals surface area contributed by atoms with E-state index in [4.69, 9.17) is 14.1 Å². The number of thiophene rings is 1. The van der Waals surface area contributed by atoms with Crippen molar-refractivity contribution >= 4 is 39.1 Å². The van der Waals surface area contributed by atoms with Gasteiger partial charge in [-0.1, -0.05) is 11.8 Å². The van der Waals surface area contributed by atoms with Crippen LogP contribution in [-0.4, -0.2) is 28.2 Å². The number of hydrogen-bond donors (Lipinski definition) is 0. The van der Waals surface area contributed by atoms with Crippen LogP contribution in [0.25, 0.3) is 10.2 Å². The zero-order chi connectivity index (χ0) is 22.2. The lowest BCUT2D eigenvalue weighted by Gasteiger charge is -2.12. The minimum atomic E-state index is -0.512. The number of rotatable bonds is 7. The van der Waals surface area contributed by atoms with Crippen LogP contribution in [0.3, 0.4) is 0 Å². The third-order valence-corrected chi connectivity index (χ3v) is 7.64. The molecule has 0 unspecified atom stereocenters. The van der Waals surface area contributed by atoms with Gasteiger partial charge in [0.05, 0.1) is 36.6 Å². The van der Waals surface area contributed by atoms with E-state index < -0.39 is 5.82 Å². The number of benzene rings is 1. The lowest BCUT2D eigenvalue weighted by atomic mass is 10.1. The number of halogens is 1. The second kappa shape index (κ2) is 8.55. The molecule has 0 saturated heterocycles. The monoisotopic (exact) mass is 470 g/mol. The first-order valence-electron chi connectivity index (χ1n) is 10.1. The van der Waals surface area contributed by atoms with Crippen LogP contribution in [0.1, 0.15) is 33.0 Å². The summed E-state index contributed by atoms with van der Waals surface area (Å²) in [7, 11) is 1.43. The van der Waals surface area contributed by atoms with Crippen LogP contribution >= 0.6 is 23.1 Å². The quantitative estimate of drug-likeness (QED) is 0.221. The van der Waals surface area contributed by atoms with Gasteiger partial charge in [-0.15, -0.1) is 11.3 Å². The first-order chi connectivity index (χ1) is 15.5. The summed E-state index contributed by atoms with van der Waals surface area (Å²) in [6.45, 7) is 0.221. The Morgan fingerprint density at radius 3 is 3.00 bits per heavy atom. The molecule has 0 spiro atoms. The van der Waals surface area contributed by atoms with E-state index in [1.807, 2.05) is 0 Å². The number of aryl methyl sites for hydroxylation is 2. The van der Waals surface area contributed by atoms with Crippen LogP contribution in [0.4, 0.5) is 4.39 Å². The van der Waals surface area contributed by atoms with Crippen LogP contribution in [0.15, 0.2) is 51.0 Å².